The van der Waals surface area contributed by atoms with E-state index in [1.807, 2.05) is 38.1 Å². The van der Waals surface area contributed by atoms with Gasteiger partial charge in [0.15, 0.2) is 5.96 Å². The number of benzene rings is 2. The van der Waals surface area contributed by atoms with Crippen molar-refractivity contribution in [3.63, 3.8) is 0 Å². The predicted molar refractivity (Wildman–Crippen MR) is 128 cm³/mol. The van der Waals surface area contributed by atoms with E-state index >= 15 is 0 Å². The van der Waals surface area contributed by atoms with E-state index in [4.69, 9.17) is 4.74 Å². The number of sulfonamides is 1. The largest absolute Gasteiger partial charge is 0.492 e. The number of rotatable bonds is 10. The summed E-state index contributed by atoms with van der Waals surface area (Å²) in [6, 6.07) is 16.2. The van der Waals surface area contributed by atoms with E-state index in [0.29, 0.717) is 32.2 Å². The summed E-state index contributed by atoms with van der Waals surface area (Å²) in [5.41, 5.74) is 1.19. The van der Waals surface area contributed by atoms with Gasteiger partial charge < -0.3 is 15.4 Å². The zero-order chi connectivity index (χ0) is 20.2. The second-order valence-electron chi connectivity index (χ2n) is 6.06. The van der Waals surface area contributed by atoms with E-state index in [-0.39, 0.29) is 35.4 Å². The molecule has 0 radical (unpaired) electrons. The molecule has 0 amide bonds. The maximum atomic E-state index is 12.2. The van der Waals surface area contributed by atoms with Crippen molar-refractivity contribution < 1.29 is 13.2 Å². The van der Waals surface area contributed by atoms with Gasteiger partial charge in [0.05, 0.1) is 18.0 Å². The first-order chi connectivity index (χ1) is 13.5. The second kappa shape index (κ2) is 13.4. The quantitative estimate of drug-likeness (QED) is 0.189. The molecule has 0 saturated heterocycles. The van der Waals surface area contributed by atoms with Crippen LogP contribution in [0.5, 0.6) is 5.75 Å². The number of guanidine groups is 1. The molecule has 2 aromatic carbocycles. The van der Waals surface area contributed by atoms with Crippen LogP contribution in [0.15, 0.2) is 64.5 Å². The minimum absolute atomic E-state index is 0. The van der Waals surface area contributed by atoms with Gasteiger partial charge in [-0.25, -0.2) is 13.1 Å². The molecule has 0 saturated carbocycles. The minimum atomic E-state index is -3.51. The number of nitrogens with one attached hydrogen (secondary N) is 3. The first-order valence-electron chi connectivity index (χ1n) is 9.27. The zero-order valence-electron chi connectivity index (χ0n) is 16.7. The lowest BCUT2D eigenvalue weighted by atomic mass is 10.2. The van der Waals surface area contributed by atoms with Gasteiger partial charge in [-0.3, -0.25) is 4.99 Å². The molecule has 0 aromatic heterocycles. The molecule has 0 fully saturated rings. The molecule has 0 aliphatic heterocycles. The molecule has 0 aliphatic rings. The van der Waals surface area contributed by atoms with Crippen LogP contribution in [0.25, 0.3) is 0 Å². The van der Waals surface area contributed by atoms with Gasteiger partial charge in [0.2, 0.25) is 10.0 Å². The molecule has 0 heterocycles. The fraction of sp³-hybridized carbons (Fsp3) is 0.350. The highest BCUT2D eigenvalue weighted by Gasteiger charge is 2.11. The van der Waals surface area contributed by atoms with Gasteiger partial charge in [0.25, 0.3) is 0 Å². The number of aryl methyl sites for hydroxylation is 1. The summed E-state index contributed by atoms with van der Waals surface area (Å²) in [5, 5.41) is 6.29. The lowest BCUT2D eigenvalue weighted by molar-refractivity contribution is 0.322. The Morgan fingerprint density at radius 2 is 1.69 bits per heavy atom. The third-order valence-electron chi connectivity index (χ3n) is 3.76. The topological polar surface area (TPSA) is 91.8 Å². The highest BCUT2D eigenvalue weighted by Crippen LogP contribution is 2.10. The predicted octanol–water partition coefficient (Wildman–Crippen LogP) is 2.53. The fourth-order valence-corrected chi connectivity index (χ4v) is 3.39. The van der Waals surface area contributed by atoms with Gasteiger partial charge in [-0.1, -0.05) is 35.9 Å². The lowest BCUT2D eigenvalue weighted by Crippen LogP contribution is -2.40. The van der Waals surface area contributed by atoms with Crippen molar-refractivity contribution in [2.75, 3.05) is 32.8 Å². The third kappa shape index (κ3) is 9.46. The normalized spacial score (nSPS) is 11.4. The summed E-state index contributed by atoms with van der Waals surface area (Å²) in [6.07, 6.45) is 0. The zero-order valence-corrected chi connectivity index (χ0v) is 19.9. The Kier molecular flexibility index (Phi) is 11.6. The van der Waals surface area contributed by atoms with E-state index in [1.165, 1.54) is 5.56 Å². The number of nitrogens with zero attached hydrogens (tertiary/aromatic N) is 1. The van der Waals surface area contributed by atoms with Crippen molar-refractivity contribution in [1.29, 1.82) is 0 Å². The van der Waals surface area contributed by atoms with E-state index in [0.717, 1.165) is 5.75 Å². The maximum absolute atomic E-state index is 12.2. The maximum Gasteiger partial charge on any atom is 0.240 e. The first kappa shape index (κ1) is 25.2. The first-order valence-corrected chi connectivity index (χ1v) is 10.8. The van der Waals surface area contributed by atoms with Gasteiger partial charge in [0, 0.05) is 13.1 Å². The Balaban J connectivity index is 0.00000420. The number of ether oxygens (including phenoxy) is 1. The van der Waals surface area contributed by atoms with Crippen molar-refractivity contribution in [2.45, 2.75) is 18.7 Å². The molecule has 29 heavy (non-hydrogen) atoms. The van der Waals surface area contributed by atoms with Crippen molar-refractivity contribution in [2.24, 2.45) is 4.99 Å². The summed E-state index contributed by atoms with van der Waals surface area (Å²) in [7, 11) is -3.51. The van der Waals surface area contributed by atoms with Crippen LogP contribution in [0.4, 0.5) is 0 Å². The van der Waals surface area contributed by atoms with Crippen LogP contribution in [0, 0.1) is 6.92 Å². The Morgan fingerprint density at radius 1 is 1.00 bits per heavy atom. The number of hydrogen-bond donors (Lipinski definition) is 3. The van der Waals surface area contributed by atoms with Crippen LogP contribution < -0.4 is 20.1 Å². The van der Waals surface area contributed by atoms with Crippen LogP contribution in [0.2, 0.25) is 0 Å². The fourth-order valence-electron chi connectivity index (χ4n) is 2.35. The van der Waals surface area contributed by atoms with Crippen LogP contribution in [0.3, 0.4) is 0 Å². The Hall–Kier alpha value is -1.85. The van der Waals surface area contributed by atoms with Crippen molar-refractivity contribution in [3.05, 3.63) is 60.2 Å². The van der Waals surface area contributed by atoms with Gasteiger partial charge in [0.1, 0.15) is 12.4 Å². The lowest BCUT2D eigenvalue weighted by Gasteiger charge is -2.12. The smallest absolute Gasteiger partial charge is 0.240 e. The molecule has 0 unspecified atom stereocenters. The van der Waals surface area contributed by atoms with Crippen LogP contribution in [-0.2, 0) is 10.0 Å². The van der Waals surface area contributed by atoms with E-state index in [1.54, 1.807) is 30.3 Å². The number of halogens is 1. The highest BCUT2D eigenvalue weighted by atomic mass is 127. The molecule has 3 N–H and O–H groups in total. The van der Waals surface area contributed by atoms with Crippen LogP contribution in [0.1, 0.15) is 12.5 Å². The van der Waals surface area contributed by atoms with E-state index < -0.39 is 10.0 Å². The van der Waals surface area contributed by atoms with Gasteiger partial charge >= 0.3 is 0 Å². The monoisotopic (exact) mass is 532 g/mol. The third-order valence-corrected chi connectivity index (χ3v) is 5.23. The molecule has 0 atom stereocenters. The highest BCUT2D eigenvalue weighted by molar-refractivity contribution is 14.0. The summed E-state index contributed by atoms with van der Waals surface area (Å²) >= 11 is 0. The average molecular weight is 532 g/mol. The molecular formula is C20H29IN4O3S. The molecule has 9 heteroatoms. The SMILES string of the molecule is CCNC(=NCCNS(=O)(=O)c1ccccc1)NCCOc1ccc(C)cc1.I. The molecule has 0 aliphatic carbocycles. The second-order valence-corrected chi connectivity index (χ2v) is 7.83. The molecule has 0 bridgehead atoms. The minimum Gasteiger partial charge on any atom is -0.492 e. The number of hydrogen-bond acceptors (Lipinski definition) is 4. The molecule has 7 nitrogen and oxygen atoms in total. The van der Waals surface area contributed by atoms with E-state index in [2.05, 4.69) is 20.3 Å². The summed E-state index contributed by atoms with van der Waals surface area (Å²) in [4.78, 5) is 4.63. The number of aliphatic imine (C=N–C) groups is 1. The summed E-state index contributed by atoms with van der Waals surface area (Å²) < 4.78 is 32.5. The molecule has 160 valence electrons. The summed E-state index contributed by atoms with van der Waals surface area (Å²) in [6.45, 7) is 6.32. The Bertz CT molecular complexity index is 844. The van der Waals surface area contributed by atoms with Crippen molar-refractivity contribution in [1.82, 2.24) is 15.4 Å². The van der Waals surface area contributed by atoms with Crippen molar-refractivity contribution >= 4 is 40.0 Å². The Labute approximate surface area is 190 Å². The molecular weight excluding hydrogens is 503 g/mol. The summed E-state index contributed by atoms with van der Waals surface area (Å²) in [5.74, 6) is 1.44. The molecule has 2 rings (SSSR count). The van der Waals surface area contributed by atoms with Gasteiger partial charge in [-0.05, 0) is 38.1 Å². The van der Waals surface area contributed by atoms with Gasteiger partial charge in [-0.15, -0.1) is 24.0 Å². The van der Waals surface area contributed by atoms with E-state index in [9.17, 15) is 8.42 Å². The average Bonchev–Trinajstić information content (AvgIpc) is 2.70. The standard InChI is InChI=1S/C20H28N4O3S.HI/c1-3-21-20(23-15-16-27-18-11-9-17(2)10-12-18)22-13-14-24-28(25,26)19-7-5-4-6-8-19;/h4-12,24H,3,13-16H2,1-2H3,(H2,21,22,23);1H. The van der Waals surface area contributed by atoms with Crippen molar-refractivity contribution in [3.8, 4) is 5.75 Å². The molecule has 0 spiro atoms. The van der Waals surface area contributed by atoms with Gasteiger partial charge in [-0.2, -0.15) is 0 Å². The van der Waals surface area contributed by atoms with Crippen LogP contribution >= 0.6 is 24.0 Å². The molecule has 2 aromatic rings. The Morgan fingerprint density at radius 3 is 2.34 bits per heavy atom. The van der Waals surface area contributed by atoms with Crippen LogP contribution in [-0.4, -0.2) is 47.2 Å².